The zero-order valence-electron chi connectivity index (χ0n) is 12.2. The Kier molecular flexibility index (Phi) is 4.86. The first kappa shape index (κ1) is 14.7. The van der Waals surface area contributed by atoms with Crippen LogP contribution in [0.1, 0.15) is 32.6 Å². The summed E-state index contributed by atoms with van der Waals surface area (Å²) in [5.74, 6) is 1.65. The largest absolute Gasteiger partial charge is 0.497 e. The fraction of sp³-hybridized carbons (Fsp3) is 0.562. The summed E-state index contributed by atoms with van der Waals surface area (Å²) in [6.07, 6.45) is 3.65. The third-order valence-electron chi connectivity index (χ3n) is 3.76. The fourth-order valence-electron chi connectivity index (χ4n) is 2.61. The molecule has 1 aromatic rings. The second kappa shape index (κ2) is 6.62. The number of ether oxygens (including phenoxy) is 2. The van der Waals surface area contributed by atoms with Crippen LogP contribution in [0.5, 0.6) is 11.5 Å². The van der Waals surface area contributed by atoms with Gasteiger partial charge in [0.2, 0.25) is 0 Å². The van der Waals surface area contributed by atoms with Crippen molar-refractivity contribution < 1.29 is 9.47 Å². The first-order chi connectivity index (χ1) is 9.71. The zero-order chi connectivity index (χ0) is 14.4. The maximum atomic E-state index is 9.41. The van der Waals surface area contributed by atoms with Crippen LogP contribution in [0, 0.1) is 11.3 Å². The summed E-state index contributed by atoms with van der Waals surface area (Å²) < 4.78 is 11.1. The maximum absolute atomic E-state index is 9.41. The van der Waals surface area contributed by atoms with Gasteiger partial charge in [-0.15, -0.1) is 0 Å². The second-order valence-corrected chi connectivity index (χ2v) is 5.28. The predicted octanol–water partition coefficient (Wildman–Crippen LogP) is 2.89. The predicted molar refractivity (Wildman–Crippen MR) is 77.9 cm³/mol. The van der Waals surface area contributed by atoms with E-state index in [0.29, 0.717) is 0 Å². The van der Waals surface area contributed by atoms with Crippen molar-refractivity contribution in [3.63, 3.8) is 0 Å². The van der Waals surface area contributed by atoms with Gasteiger partial charge in [0.05, 0.1) is 13.2 Å². The van der Waals surface area contributed by atoms with Crippen molar-refractivity contribution in [3.8, 4) is 17.6 Å². The average Bonchev–Trinajstić information content (AvgIpc) is 2.90. The summed E-state index contributed by atoms with van der Waals surface area (Å²) >= 11 is 0. The van der Waals surface area contributed by atoms with Crippen LogP contribution in [0.25, 0.3) is 0 Å². The number of nitrogens with zero attached hydrogens (tertiary/aromatic N) is 1. The van der Waals surface area contributed by atoms with Crippen LogP contribution < -0.4 is 14.8 Å². The van der Waals surface area contributed by atoms with Gasteiger partial charge < -0.3 is 9.47 Å². The van der Waals surface area contributed by atoms with Crippen molar-refractivity contribution >= 4 is 0 Å². The van der Waals surface area contributed by atoms with Crippen molar-refractivity contribution in [2.45, 2.75) is 44.2 Å². The van der Waals surface area contributed by atoms with Crippen LogP contribution in [-0.4, -0.2) is 25.3 Å². The topological polar surface area (TPSA) is 54.3 Å². The molecule has 0 spiro atoms. The molecule has 4 nitrogen and oxygen atoms in total. The van der Waals surface area contributed by atoms with Gasteiger partial charge in [-0.05, 0) is 50.1 Å². The lowest BCUT2D eigenvalue weighted by atomic mass is 9.99. The minimum Gasteiger partial charge on any atom is -0.497 e. The summed E-state index contributed by atoms with van der Waals surface area (Å²) in [6, 6.07) is 10.0. The molecule has 1 aliphatic rings. The molecule has 0 aromatic heterocycles. The van der Waals surface area contributed by atoms with Gasteiger partial charge in [-0.3, -0.25) is 5.32 Å². The lowest BCUT2D eigenvalue weighted by molar-refractivity contribution is 0.200. The molecule has 2 rings (SSSR count). The summed E-state index contributed by atoms with van der Waals surface area (Å²) in [6.45, 7) is 2.99. The van der Waals surface area contributed by atoms with Gasteiger partial charge in [-0.2, -0.15) is 5.26 Å². The molecule has 1 fully saturated rings. The molecule has 0 aliphatic heterocycles. The van der Waals surface area contributed by atoms with Gasteiger partial charge in [0.15, 0.2) is 0 Å². The minimum atomic E-state index is -0.410. The molecule has 1 aliphatic carbocycles. The van der Waals surface area contributed by atoms with E-state index in [1.165, 1.54) is 0 Å². The number of benzene rings is 1. The third-order valence-corrected chi connectivity index (χ3v) is 3.76. The van der Waals surface area contributed by atoms with Crippen molar-refractivity contribution in [2.24, 2.45) is 0 Å². The molecule has 20 heavy (non-hydrogen) atoms. The Morgan fingerprint density at radius 1 is 1.35 bits per heavy atom. The molecule has 2 unspecified atom stereocenters. The van der Waals surface area contributed by atoms with Gasteiger partial charge >= 0.3 is 0 Å². The standard InChI is InChI=1S/C16H22N2O2/c1-3-10-18-16(12-17)9-8-15(11-16)20-14-6-4-13(19-2)5-7-14/h4-7,15,18H,3,8-11H2,1-2H3. The van der Waals surface area contributed by atoms with Crippen LogP contribution in [-0.2, 0) is 0 Å². The lowest BCUT2D eigenvalue weighted by Gasteiger charge is -2.22. The molecule has 1 aromatic carbocycles. The van der Waals surface area contributed by atoms with Crippen molar-refractivity contribution in [2.75, 3.05) is 13.7 Å². The van der Waals surface area contributed by atoms with Gasteiger partial charge in [-0.25, -0.2) is 0 Å². The van der Waals surface area contributed by atoms with E-state index in [0.717, 1.165) is 43.7 Å². The highest BCUT2D eigenvalue weighted by Gasteiger charge is 2.40. The fourth-order valence-corrected chi connectivity index (χ4v) is 2.61. The Labute approximate surface area is 120 Å². The Morgan fingerprint density at radius 3 is 2.65 bits per heavy atom. The SMILES string of the molecule is CCCNC1(C#N)CCC(Oc2ccc(OC)cc2)C1. The molecule has 108 valence electrons. The summed E-state index contributed by atoms with van der Waals surface area (Å²) in [4.78, 5) is 0. The van der Waals surface area contributed by atoms with E-state index in [9.17, 15) is 5.26 Å². The second-order valence-electron chi connectivity index (χ2n) is 5.28. The molecule has 0 radical (unpaired) electrons. The number of methoxy groups -OCH3 is 1. The van der Waals surface area contributed by atoms with E-state index < -0.39 is 5.54 Å². The molecule has 0 saturated heterocycles. The number of rotatable bonds is 6. The maximum Gasteiger partial charge on any atom is 0.119 e. The molecular formula is C16H22N2O2. The molecule has 0 heterocycles. The average molecular weight is 274 g/mol. The Hall–Kier alpha value is -1.73. The molecule has 1 N–H and O–H groups in total. The van der Waals surface area contributed by atoms with E-state index in [1.54, 1.807) is 7.11 Å². The van der Waals surface area contributed by atoms with E-state index in [2.05, 4.69) is 18.3 Å². The van der Waals surface area contributed by atoms with Gasteiger partial charge in [0.1, 0.15) is 23.1 Å². The number of nitrogens with one attached hydrogen (secondary N) is 1. The van der Waals surface area contributed by atoms with Crippen molar-refractivity contribution in [3.05, 3.63) is 24.3 Å². The Morgan fingerprint density at radius 2 is 2.05 bits per heavy atom. The van der Waals surface area contributed by atoms with E-state index in [1.807, 2.05) is 24.3 Å². The van der Waals surface area contributed by atoms with Crippen LogP contribution in [0.4, 0.5) is 0 Å². The Bertz CT molecular complexity index is 466. The third kappa shape index (κ3) is 3.43. The normalized spacial score (nSPS) is 25.1. The number of nitriles is 1. The monoisotopic (exact) mass is 274 g/mol. The highest BCUT2D eigenvalue weighted by atomic mass is 16.5. The molecule has 1 saturated carbocycles. The molecule has 4 heteroatoms. The smallest absolute Gasteiger partial charge is 0.119 e. The molecular weight excluding hydrogens is 252 g/mol. The number of hydrogen-bond donors (Lipinski definition) is 1. The van der Waals surface area contributed by atoms with Gasteiger partial charge in [-0.1, -0.05) is 6.92 Å². The summed E-state index contributed by atoms with van der Waals surface area (Å²) in [5, 5.41) is 12.8. The van der Waals surface area contributed by atoms with Crippen LogP contribution in [0.2, 0.25) is 0 Å². The minimum absolute atomic E-state index is 0.104. The first-order valence-electron chi connectivity index (χ1n) is 7.18. The summed E-state index contributed by atoms with van der Waals surface area (Å²) in [7, 11) is 1.65. The highest BCUT2D eigenvalue weighted by molar-refractivity contribution is 5.31. The molecule has 2 atom stereocenters. The van der Waals surface area contributed by atoms with Crippen LogP contribution in [0.15, 0.2) is 24.3 Å². The quantitative estimate of drug-likeness (QED) is 0.866. The lowest BCUT2D eigenvalue weighted by Crippen LogP contribution is -2.42. The van der Waals surface area contributed by atoms with Crippen molar-refractivity contribution in [1.82, 2.24) is 5.32 Å². The van der Waals surface area contributed by atoms with Crippen LogP contribution in [0.3, 0.4) is 0 Å². The van der Waals surface area contributed by atoms with Gasteiger partial charge in [0, 0.05) is 6.42 Å². The van der Waals surface area contributed by atoms with Gasteiger partial charge in [0.25, 0.3) is 0 Å². The van der Waals surface area contributed by atoms with E-state index in [-0.39, 0.29) is 6.10 Å². The number of hydrogen-bond acceptors (Lipinski definition) is 4. The highest BCUT2D eigenvalue weighted by Crippen LogP contribution is 2.32. The van der Waals surface area contributed by atoms with Crippen molar-refractivity contribution in [1.29, 1.82) is 5.26 Å². The Balaban J connectivity index is 1.93. The van der Waals surface area contributed by atoms with E-state index in [4.69, 9.17) is 9.47 Å². The zero-order valence-corrected chi connectivity index (χ0v) is 12.2. The van der Waals surface area contributed by atoms with E-state index >= 15 is 0 Å². The summed E-state index contributed by atoms with van der Waals surface area (Å²) in [5.41, 5.74) is -0.410. The molecule has 0 bridgehead atoms. The molecule has 0 amide bonds. The van der Waals surface area contributed by atoms with Crippen LogP contribution >= 0.6 is 0 Å². The first-order valence-corrected chi connectivity index (χ1v) is 7.18.